The molecule has 0 heterocycles. The summed E-state index contributed by atoms with van der Waals surface area (Å²) < 4.78 is 5.69. The van der Waals surface area contributed by atoms with Crippen LogP contribution < -0.4 is 4.74 Å². The molecule has 1 nitrogen and oxygen atoms in total. The van der Waals surface area contributed by atoms with Gasteiger partial charge in [0.2, 0.25) is 0 Å². The maximum atomic E-state index is 5.69. The molecule has 0 aromatic heterocycles. The minimum atomic E-state index is 0.0686. The number of ether oxygens (including phenoxy) is 1. The van der Waals surface area contributed by atoms with Gasteiger partial charge in [0.25, 0.3) is 0 Å². The van der Waals surface area contributed by atoms with Crippen molar-refractivity contribution in [3.05, 3.63) is 29.8 Å². The van der Waals surface area contributed by atoms with Crippen LogP contribution in [-0.2, 0) is 6.42 Å². The highest BCUT2D eigenvalue weighted by Crippen LogP contribution is 2.19. The maximum Gasteiger partial charge on any atom is 0.150 e. The third-order valence-corrected chi connectivity index (χ3v) is 4.95. The maximum absolute atomic E-state index is 5.69. The van der Waals surface area contributed by atoms with E-state index in [1.54, 1.807) is 0 Å². The van der Waals surface area contributed by atoms with Gasteiger partial charge >= 0.3 is 0 Å². The van der Waals surface area contributed by atoms with Crippen molar-refractivity contribution in [2.45, 2.75) is 109 Å². The van der Waals surface area contributed by atoms with E-state index in [9.17, 15) is 0 Å². The van der Waals surface area contributed by atoms with E-state index in [1.165, 1.54) is 95.5 Å². The summed E-state index contributed by atoms with van der Waals surface area (Å²) in [7, 11) is 0. The number of hydrogen-bond donors (Lipinski definition) is 0. The van der Waals surface area contributed by atoms with Gasteiger partial charge in [-0.2, -0.15) is 0 Å². The molecule has 0 aliphatic heterocycles. The summed E-state index contributed by atoms with van der Waals surface area (Å²) in [5, 5.41) is 0.0686. The predicted octanol–water partition coefficient (Wildman–Crippen LogP) is 8.44. The van der Waals surface area contributed by atoms with Crippen LogP contribution in [0.25, 0.3) is 0 Å². The van der Waals surface area contributed by atoms with Crippen molar-refractivity contribution in [3.8, 4) is 5.75 Å². The second-order valence-corrected chi connectivity index (χ2v) is 8.59. The molecule has 0 saturated carbocycles. The monoisotopic (exact) mass is 410 g/mol. The van der Waals surface area contributed by atoms with Crippen LogP contribution in [0, 0.1) is 0 Å². The molecule has 1 rings (SSSR count). The Hall–Kier alpha value is -0.500. The molecule has 0 N–H and O–H groups in total. The fourth-order valence-corrected chi connectivity index (χ4v) is 3.52. The highest BCUT2D eigenvalue weighted by molar-refractivity contribution is 9.09. The van der Waals surface area contributed by atoms with Crippen LogP contribution in [-0.4, -0.2) is 5.01 Å². The predicted molar refractivity (Wildman–Crippen MR) is 115 cm³/mol. The van der Waals surface area contributed by atoms with Crippen LogP contribution in [0.15, 0.2) is 24.3 Å². The van der Waals surface area contributed by atoms with Crippen molar-refractivity contribution in [2.24, 2.45) is 0 Å². The van der Waals surface area contributed by atoms with Gasteiger partial charge in [-0.3, -0.25) is 0 Å². The number of halogens is 1. The fraction of sp³-hybridized carbons (Fsp3) is 0.739. The number of rotatable bonds is 16. The van der Waals surface area contributed by atoms with Crippen molar-refractivity contribution in [1.82, 2.24) is 0 Å². The van der Waals surface area contributed by atoms with Gasteiger partial charge in [0.15, 0.2) is 5.01 Å². The van der Waals surface area contributed by atoms with Gasteiger partial charge in [-0.15, -0.1) is 0 Å². The van der Waals surface area contributed by atoms with E-state index < -0.39 is 0 Å². The molecule has 0 aliphatic rings. The molecule has 0 radical (unpaired) electrons. The zero-order chi connectivity index (χ0) is 18.2. The molecule has 0 saturated heterocycles. The molecule has 0 fully saturated rings. The first-order valence-corrected chi connectivity index (χ1v) is 11.5. The Labute approximate surface area is 165 Å². The van der Waals surface area contributed by atoms with Crippen LogP contribution >= 0.6 is 15.9 Å². The molecule has 0 bridgehead atoms. The first kappa shape index (κ1) is 22.5. The molecule has 1 unspecified atom stereocenters. The number of aryl methyl sites for hydroxylation is 1. The Balaban J connectivity index is 1.92. The molecule has 2 heteroatoms. The molecule has 0 amide bonds. The summed E-state index contributed by atoms with van der Waals surface area (Å²) in [6.45, 7) is 4.29. The van der Waals surface area contributed by atoms with Crippen LogP contribution in [0.3, 0.4) is 0 Å². The molecule has 0 aliphatic carbocycles. The van der Waals surface area contributed by atoms with Crippen molar-refractivity contribution >= 4 is 15.9 Å². The lowest BCUT2D eigenvalue weighted by molar-refractivity contribution is 0.314. The van der Waals surface area contributed by atoms with Crippen molar-refractivity contribution < 1.29 is 4.74 Å². The molecule has 1 atom stereocenters. The number of benzene rings is 1. The molecule has 25 heavy (non-hydrogen) atoms. The van der Waals surface area contributed by atoms with E-state index in [0.717, 1.165) is 5.75 Å². The molecule has 1 aromatic rings. The summed E-state index contributed by atoms with van der Waals surface area (Å²) in [6, 6.07) is 8.53. The van der Waals surface area contributed by atoms with E-state index >= 15 is 0 Å². The Morgan fingerprint density at radius 1 is 0.800 bits per heavy atom. The third-order valence-electron chi connectivity index (χ3n) is 4.77. The van der Waals surface area contributed by atoms with E-state index in [4.69, 9.17) is 4.74 Å². The lowest BCUT2D eigenvalue weighted by Gasteiger charge is -2.09. The van der Waals surface area contributed by atoms with Crippen molar-refractivity contribution in [2.75, 3.05) is 0 Å². The van der Waals surface area contributed by atoms with Crippen LogP contribution in [0.2, 0.25) is 0 Å². The highest BCUT2D eigenvalue weighted by Gasteiger charge is 2.01. The largest absolute Gasteiger partial charge is 0.480 e. The van der Waals surface area contributed by atoms with Crippen LogP contribution in [0.4, 0.5) is 0 Å². The van der Waals surface area contributed by atoms with Gasteiger partial charge in [0.1, 0.15) is 5.75 Å². The van der Waals surface area contributed by atoms with Crippen LogP contribution in [0.5, 0.6) is 5.75 Å². The van der Waals surface area contributed by atoms with Gasteiger partial charge in [-0.1, -0.05) is 96.1 Å². The third kappa shape index (κ3) is 13.4. The summed E-state index contributed by atoms with van der Waals surface area (Å²) in [4.78, 5) is 0. The van der Waals surface area contributed by atoms with E-state index in [2.05, 4.69) is 41.1 Å². The quantitative estimate of drug-likeness (QED) is 0.196. The van der Waals surface area contributed by atoms with E-state index in [1.807, 2.05) is 13.0 Å². The minimum Gasteiger partial charge on any atom is -0.480 e. The zero-order valence-electron chi connectivity index (χ0n) is 16.6. The number of hydrogen-bond acceptors (Lipinski definition) is 1. The normalized spacial score (nSPS) is 12.3. The topological polar surface area (TPSA) is 9.23 Å². The highest BCUT2D eigenvalue weighted by atomic mass is 79.9. The molecule has 144 valence electrons. The standard InChI is InChI=1S/C23H39BrO/c1-3-4-5-6-7-8-9-10-11-12-13-14-15-17-22-18-16-19-23(20-22)25-21(2)24/h16,18-21H,3-15,17H2,1-2H3. The van der Waals surface area contributed by atoms with Gasteiger partial charge in [-0.05, 0) is 53.4 Å². The first-order chi connectivity index (χ1) is 12.2. The Bertz CT molecular complexity index is 416. The summed E-state index contributed by atoms with van der Waals surface area (Å²) in [5.41, 5.74) is 1.40. The summed E-state index contributed by atoms with van der Waals surface area (Å²) in [5.74, 6) is 0.969. The lowest BCUT2D eigenvalue weighted by Crippen LogP contribution is -2.01. The van der Waals surface area contributed by atoms with Crippen molar-refractivity contribution in [1.29, 1.82) is 0 Å². The fourth-order valence-electron chi connectivity index (χ4n) is 3.31. The van der Waals surface area contributed by atoms with Gasteiger partial charge in [0.05, 0.1) is 0 Å². The summed E-state index contributed by atoms with van der Waals surface area (Å²) in [6.07, 6.45) is 19.5. The lowest BCUT2D eigenvalue weighted by atomic mass is 10.0. The van der Waals surface area contributed by atoms with Gasteiger partial charge in [-0.25, -0.2) is 0 Å². The number of alkyl halides is 1. The van der Waals surface area contributed by atoms with Gasteiger partial charge in [0, 0.05) is 0 Å². The molecular weight excluding hydrogens is 372 g/mol. The van der Waals surface area contributed by atoms with Gasteiger partial charge < -0.3 is 4.74 Å². The van der Waals surface area contributed by atoms with Crippen molar-refractivity contribution in [3.63, 3.8) is 0 Å². The average molecular weight is 411 g/mol. The second kappa shape index (κ2) is 15.7. The molecule has 1 aromatic carbocycles. The van der Waals surface area contributed by atoms with E-state index in [-0.39, 0.29) is 5.01 Å². The minimum absolute atomic E-state index is 0.0686. The zero-order valence-corrected chi connectivity index (χ0v) is 18.2. The van der Waals surface area contributed by atoms with Crippen LogP contribution in [0.1, 0.15) is 103 Å². The number of unbranched alkanes of at least 4 members (excludes halogenated alkanes) is 12. The molecule has 0 spiro atoms. The summed E-state index contributed by atoms with van der Waals surface area (Å²) >= 11 is 3.43. The molecular formula is C23H39BrO. The second-order valence-electron chi connectivity index (χ2n) is 7.30. The Morgan fingerprint density at radius 3 is 1.84 bits per heavy atom. The Kier molecular flexibility index (Phi) is 14.2. The first-order valence-electron chi connectivity index (χ1n) is 10.6. The van der Waals surface area contributed by atoms with E-state index in [0.29, 0.717) is 0 Å². The Morgan fingerprint density at radius 2 is 1.32 bits per heavy atom. The smallest absolute Gasteiger partial charge is 0.150 e. The SMILES string of the molecule is CCCCCCCCCCCCCCCc1cccc(OC(C)Br)c1. The average Bonchev–Trinajstić information content (AvgIpc) is 2.59.